The molecule has 0 aromatic rings. The molecular formula is C62H128Br4O7. The number of carbonyl (C=O) groups is 4. The van der Waals surface area contributed by atoms with E-state index in [-0.39, 0.29) is 36.8 Å². The molecule has 0 aromatic carbocycles. The Hall–Kier alpha value is -0.000000000000000167. The van der Waals surface area contributed by atoms with Crippen molar-refractivity contribution in [1.82, 2.24) is 0 Å². The van der Waals surface area contributed by atoms with Gasteiger partial charge < -0.3 is 14.9 Å². The molecular weight excluding hydrogens is 1180 g/mol. The zero-order valence-corrected chi connectivity index (χ0v) is 55.0. The van der Waals surface area contributed by atoms with Crippen LogP contribution in [0.25, 0.3) is 0 Å². The van der Waals surface area contributed by atoms with Crippen molar-refractivity contribution in [2.45, 2.75) is 362 Å². The Bertz CT molecular complexity index is 1050. The van der Waals surface area contributed by atoms with Crippen LogP contribution in [0.2, 0.25) is 0 Å². The molecule has 4 atom stereocenters. The van der Waals surface area contributed by atoms with E-state index in [2.05, 4.69) is 96.2 Å². The van der Waals surface area contributed by atoms with Gasteiger partial charge in [0, 0.05) is 5.71 Å². The summed E-state index contributed by atoms with van der Waals surface area (Å²) in [6.07, 6.45) is 62.0. The largest absolute Gasteiger partial charge is 0.480 e. The summed E-state index contributed by atoms with van der Waals surface area (Å²) in [5.41, 5.74) is 0. The van der Waals surface area contributed by atoms with Gasteiger partial charge in [0.1, 0.15) is 20.3 Å². The fourth-order valence-corrected chi connectivity index (χ4v) is 10.1. The number of hydrogen-bond donors (Lipinski definition) is 2. The molecule has 0 amide bonds. The molecule has 11 heteroatoms. The summed E-state index contributed by atoms with van der Waals surface area (Å²) in [4.78, 5) is 42.6. The average Bonchev–Trinajstić information content (AvgIpc) is 3.37. The van der Waals surface area contributed by atoms with Gasteiger partial charge in [-0.05, 0) is 32.6 Å². The van der Waals surface area contributed by atoms with Gasteiger partial charge in [0.15, 0.2) is 0 Å². The van der Waals surface area contributed by atoms with Crippen molar-refractivity contribution in [3.05, 3.63) is 0 Å². The number of unbranched alkanes of at least 4 members (excludes halogenated alkanes) is 40. The molecule has 0 aliphatic rings. The Balaban J connectivity index is -0.000000135. The fraction of sp³-hybridized carbons (Fsp3) is 0.935. The maximum Gasteiger partial charge on any atom is 0.319 e. The Morgan fingerprint density at radius 1 is 0.315 bits per heavy atom. The molecule has 0 heterocycles. The summed E-state index contributed by atoms with van der Waals surface area (Å²) in [5, 5.41) is 17.4. The highest BCUT2D eigenvalue weighted by molar-refractivity contribution is 9.10. The number of carboxylic acids is 2. The molecule has 2 N–H and O–H groups in total. The van der Waals surface area contributed by atoms with Crippen molar-refractivity contribution >= 4 is 87.4 Å². The van der Waals surface area contributed by atoms with E-state index in [0.717, 1.165) is 44.9 Å². The molecule has 7 nitrogen and oxygen atoms in total. The second-order valence-electron chi connectivity index (χ2n) is 21.0. The summed E-state index contributed by atoms with van der Waals surface area (Å²) >= 11 is 13.1. The summed E-state index contributed by atoms with van der Waals surface area (Å²) < 4.78 is 4.68. The highest BCUT2D eigenvalue weighted by Crippen LogP contribution is 2.19. The third-order valence-corrected chi connectivity index (χ3v) is 17.3. The molecule has 0 saturated carbocycles. The van der Waals surface area contributed by atoms with Gasteiger partial charge >= 0.3 is 17.9 Å². The number of hydrogen-bond acceptors (Lipinski definition) is 5. The molecule has 0 saturated heterocycles. The second kappa shape index (κ2) is 68.1. The van der Waals surface area contributed by atoms with Crippen LogP contribution in [0.4, 0.5) is 0 Å². The minimum Gasteiger partial charge on any atom is -0.480 e. The predicted molar refractivity (Wildman–Crippen MR) is 342 cm³/mol. The van der Waals surface area contributed by atoms with Crippen LogP contribution in [0.5, 0.6) is 0 Å². The summed E-state index contributed by atoms with van der Waals surface area (Å²) in [5.74, 6) is -1.35. The molecule has 446 valence electrons. The summed E-state index contributed by atoms with van der Waals surface area (Å²) in [6, 6.07) is 0. The molecule has 0 aliphatic carbocycles. The minimum absolute atomic E-state index is 0. The first-order valence-corrected chi connectivity index (χ1v) is 34.5. The van der Waals surface area contributed by atoms with Crippen molar-refractivity contribution in [3.63, 3.8) is 0 Å². The van der Waals surface area contributed by atoms with Crippen LogP contribution >= 0.6 is 63.7 Å². The fourth-order valence-electron chi connectivity index (χ4n) is 8.65. The van der Waals surface area contributed by atoms with Crippen LogP contribution in [0.1, 0.15) is 349 Å². The van der Waals surface area contributed by atoms with E-state index < -0.39 is 11.9 Å². The number of Topliss-reactive ketones (excluding diaryl/α,β-unsaturated/α-hetero) is 1. The topological polar surface area (TPSA) is 118 Å². The van der Waals surface area contributed by atoms with Crippen molar-refractivity contribution < 1.29 is 39.8 Å². The van der Waals surface area contributed by atoms with Crippen LogP contribution < -0.4 is 0 Å². The maximum atomic E-state index is 11.2. The van der Waals surface area contributed by atoms with Crippen LogP contribution in [0.15, 0.2) is 0 Å². The first-order chi connectivity index (χ1) is 35.3. The zero-order valence-electron chi connectivity index (χ0n) is 48.7. The summed E-state index contributed by atoms with van der Waals surface area (Å²) in [7, 11) is 1.44. The summed E-state index contributed by atoms with van der Waals surface area (Å²) in [6.45, 7) is 10.7. The highest BCUT2D eigenvalue weighted by atomic mass is 79.9. The maximum absolute atomic E-state index is 11.2. The van der Waals surface area contributed by atoms with Gasteiger partial charge in [-0.1, -0.05) is 374 Å². The third kappa shape index (κ3) is 72.0. The lowest BCUT2D eigenvalue weighted by atomic mass is 10.0. The van der Waals surface area contributed by atoms with E-state index in [0.29, 0.717) is 0 Å². The predicted octanol–water partition coefficient (Wildman–Crippen LogP) is 23.7. The molecule has 0 spiro atoms. The van der Waals surface area contributed by atoms with Gasteiger partial charge in [-0.2, -0.15) is 0 Å². The van der Waals surface area contributed by atoms with Crippen molar-refractivity contribution in [3.8, 4) is 0 Å². The molecule has 0 aromatic heterocycles. The van der Waals surface area contributed by atoms with E-state index >= 15 is 0 Å². The van der Waals surface area contributed by atoms with Gasteiger partial charge in [0.2, 0.25) is 0 Å². The number of ether oxygens (including phenoxy) is 1. The van der Waals surface area contributed by atoms with Gasteiger partial charge in [-0.15, -0.1) is 0 Å². The Morgan fingerprint density at radius 3 is 0.644 bits per heavy atom. The third-order valence-electron chi connectivity index (χ3n) is 13.7. The number of methoxy groups -OCH3 is 1. The normalized spacial score (nSPS) is 12.5. The molecule has 73 heavy (non-hydrogen) atoms. The van der Waals surface area contributed by atoms with Gasteiger partial charge in [0.25, 0.3) is 0 Å². The first kappa shape index (κ1) is 79.5. The quantitative estimate of drug-likeness (QED) is 0.0354. The van der Waals surface area contributed by atoms with Crippen LogP contribution in [-0.4, -0.2) is 60.3 Å². The van der Waals surface area contributed by atoms with Gasteiger partial charge in [0.05, 0.1) is 11.9 Å². The van der Waals surface area contributed by atoms with Crippen molar-refractivity contribution in [2.24, 2.45) is 0 Å². The van der Waals surface area contributed by atoms with Crippen LogP contribution in [0.3, 0.4) is 0 Å². The van der Waals surface area contributed by atoms with Crippen molar-refractivity contribution in [2.75, 3.05) is 7.11 Å². The van der Waals surface area contributed by atoms with Crippen molar-refractivity contribution in [1.29, 1.82) is 0 Å². The zero-order chi connectivity index (χ0) is 55.3. The standard InChI is InChI=1S/C16H31BrO2.C16H31BrO.2C15H29BrO2.4H2/c1-3-4-5-6-7-8-9-10-11-12-13-14-15(17)16(18)19-2;1-3-4-5-6-7-8-9-10-11-12-13-14-16(17)15(2)18;2*1-2-3-4-5-6-7-8-9-10-11-12-13-14(16)15(17)18;;;;/h15H,3-14H2,1-2H3;16H,3-14H2,1-2H3;2*14H,2-13H2,1H3,(H,17,18);4*1H. The van der Waals surface area contributed by atoms with E-state index in [1.807, 2.05) is 0 Å². The number of aliphatic carboxylic acids is 2. The smallest absolute Gasteiger partial charge is 0.319 e. The minimum atomic E-state index is -0.734. The lowest BCUT2D eigenvalue weighted by Gasteiger charge is -2.07. The molecule has 4 unspecified atom stereocenters. The number of rotatable bonds is 52. The van der Waals surface area contributed by atoms with Crippen LogP contribution in [0, 0.1) is 0 Å². The molecule has 0 fully saturated rings. The monoisotopic (exact) mass is 1300 g/mol. The molecule has 0 aliphatic heterocycles. The molecule has 0 radical (unpaired) electrons. The van der Waals surface area contributed by atoms with E-state index in [4.69, 9.17) is 10.2 Å². The average molecular weight is 1310 g/mol. The number of carboxylic acid groups (broad SMARTS) is 2. The number of esters is 1. The SMILES string of the molecule is CCCCCCCCCCCCCC(Br)C(=O)O.CCCCCCCCCCCCCC(Br)C(=O)O.CCCCCCCCCCCCCC(Br)C(=O)OC.CCCCCCCCCCCCCC(Br)C(C)=O.[HH].[HH].[HH].[HH]. The van der Waals surface area contributed by atoms with Gasteiger partial charge in [-0.25, -0.2) is 0 Å². The molecule has 0 bridgehead atoms. The number of alkyl halides is 4. The Morgan fingerprint density at radius 2 is 0.479 bits per heavy atom. The second-order valence-corrected chi connectivity index (χ2v) is 25.4. The highest BCUT2D eigenvalue weighted by Gasteiger charge is 2.14. The lowest BCUT2D eigenvalue weighted by Crippen LogP contribution is -2.15. The first-order valence-electron chi connectivity index (χ1n) is 30.9. The van der Waals surface area contributed by atoms with E-state index in [1.54, 1.807) is 6.92 Å². The number of halogens is 4. The van der Waals surface area contributed by atoms with Gasteiger partial charge in [-0.3, -0.25) is 19.2 Å². The Kier molecular flexibility index (Phi) is 74.2. The van der Waals surface area contributed by atoms with E-state index in [1.165, 1.54) is 270 Å². The van der Waals surface area contributed by atoms with Crippen LogP contribution in [-0.2, 0) is 23.9 Å². The lowest BCUT2D eigenvalue weighted by molar-refractivity contribution is -0.140. The number of ketones is 1. The number of carbonyl (C=O) groups excluding carboxylic acids is 2. The molecule has 0 rings (SSSR count). The van der Waals surface area contributed by atoms with E-state index in [9.17, 15) is 19.2 Å². The Labute approximate surface area is 493 Å².